The lowest BCUT2D eigenvalue weighted by Gasteiger charge is -2.50. The fourth-order valence-electron chi connectivity index (χ4n) is 4.81. The van der Waals surface area contributed by atoms with Crippen molar-refractivity contribution in [1.82, 2.24) is 34.1 Å². The van der Waals surface area contributed by atoms with Crippen molar-refractivity contribution in [1.29, 1.82) is 0 Å². The fraction of sp³-hybridized carbons (Fsp3) is 0.240. The maximum Gasteiger partial charge on any atom is 0.349 e. The van der Waals surface area contributed by atoms with Gasteiger partial charge in [-0.3, -0.25) is 24.0 Å². The normalized spacial score (nSPS) is 18.4. The first-order chi connectivity index (χ1) is 20.9. The minimum Gasteiger partial charge on any atom is -0.543 e. The Morgan fingerprint density at radius 1 is 1.28 bits per heavy atom. The van der Waals surface area contributed by atoms with Crippen LogP contribution in [0.15, 0.2) is 65.5 Å². The zero-order valence-corrected chi connectivity index (χ0v) is 23.6. The molecule has 18 heteroatoms. The Labute approximate surface area is 250 Å². The molecule has 1 saturated heterocycles. The average molecular weight is 625 g/mol. The molecule has 0 saturated carbocycles. The summed E-state index contributed by atoms with van der Waals surface area (Å²) in [5, 5.41) is 17.5. The van der Waals surface area contributed by atoms with Crippen molar-refractivity contribution in [2.45, 2.75) is 24.5 Å². The summed E-state index contributed by atoms with van der Waals surface area (Å²) < 4.78 is 20.2. The van der Waals surface area contributed by atoms with Crippen LogP contribution < -0.4 is 20.7 Å². The number of nitrogens with two attached hydrogens (primary N) is 1. The van der Waals surface area contributed by atoms with Gasteiger partial charge in [-0.05, 0) is 29.2 Å². The van der Waals surface area contributed by atoms with E-state index in [0.29, 0.717) is 17.8 Å². The number of anilines is 1. The van der Waals surface area contributed by atoms with Gasteiger partial charge in [-0.15, -0.1) is 11.8 Å². The van der Waals surface area contributed by atoms with E-state index in [-0.39, 0.29) is 29.0 Å². The first-order valence-electron chi connectivity index (χ1n) is 12.6. The van der Waals surface area contributed by atoms with Crippen LogP contribution in [0, 0.1) is 0 Å². The molecule has 0 spiro atoms. The number of amides is 2. The van der Waals surface area contributed by atoms with Gasteiger partial charge in [-0.2, -0.15) is 9.36 Å². The summed E-state index contributed by atoms with van der Waals surface area (Å²) in [6, 6.07) is 8.28. The third-order valence-corrected chi connectivity index (χ3v) is 8.55. The van der Waals surface area contributed by atoms with Crippen LogP contribution in [0.4, 0.5) is 9.52 Å². The first-order valence-corrected chi connectivity index (χ1v) is 14.5. The Hall–Kier alpha value is -4.97. The predicted molar refractivity (Wildman–Crippen MR) is 148 cm³/mol. The number of imidazole rings is 1. The highest BCUT2D eigenvalue weighted by molar-refractivity contribution is 8.00. The molecule has 2 unspecified atom stereocenters. The molecule has 2 aliphatic heterocycles. The summed E-state index contributed by atoms with van der Waals surface area (Å²) in [4.78, 5) is 56.6. The molecule has 2 amide bonds. The van der Waals surface area contributed by atoms with E-state index in [9.17, 15) is 23.9 Å². The highest BCUT2D eigenvalue weighted by atomic mass is 32.2. The molecule has 0 aromatic carbocycles. The third-order valence-electron chi connectivity index (χ3n) is 6.67. The summed E-state index contributed by atoms with van der Waals surface area (Å²) in [7, 11) is 0. The monoisotopic (exact) mass is 624 g/mol. The Morgan fingerprint density at radius 3 is 2.86 bits per heavy atom. The molecule has 0 radical (unpaired) electrons. The second-order valence-electron chi connectivity index (χ2n) is 9.27. The predicted octanol–water partition coefficient (Wildman–Crippen LogP) is -1.05. The molecule has 4 aromatic heterocycles. The smallest absolute Gasteiger partial charge is 0.349 e. The van der Waals surface area contributed by atoms with Crippen molar-refractivity contribution in [2.75, 3.05) is 18.3 Å². The Morgan fingerprint density at radius 2 is 2.14 bits per heavy atom. The molecule has 0 aliphatic carbocycles. The number of carbonyl (C=O) groups is 3. The van der Waals surface area contributed by atoms with Gasteiger partial charge in [0.15, 0.2) is 5.13 Å². The van der Waals surface area contributed by atoms with Gasteiger partial charge in [0, 0.05) is 29.1 Å². The van der Waals surface area contributed by atoms with E-state index >= 15 is 0 Å². The number of thioether (sulfide) groups is 1. The van der Waals surface area contributed by atoms with Crippen LogP contribution in [0.1, 0.15) is 11.5 Å². The van der Waals surface area contributed by atoms with Gasteiger partial charge >= 0.3 is 5.65 Å². The molecule has 2 aliphatic rings. The van der Waals surface area contributed by atoms with Crippen LogP contribution in [0.25, 0.3) is 11.2 Å². The largest absolute Gasteiger partial charge is 0.543 e. The molecule has 15 nitrogen and oxygen atoms in total. The molecule has 6 rings (SSSR count). The summed E-state index contributed by atoms with van der Waals surface area (Å²) in [5.41, 5.74) is 7.56. The molecular weight excluding hydrogens is 603 g/mol. The number of aromatic nitrogens is 6. The van der Waals surface area contributed by atoms with Crippen LogP contribution in [0.5, 0.6) is 0 Å². The van der Waals surface area contributed by atoms with Crippen molar-refractivity contribution in [2.24, 2.45) is 5.16 Å². The number of halogens is 1. The van der Waals surface area contributed by atoms with E-state index in [1.807, 2.05) is 34.9 Å². The van der Waals surface area contributed by atoms with E-state index in [0.717, 1.165) is 27.6 Å². The fourth-order valence-corrected chi connectivity index (χ4v) is 6.58. The standard InChI is InChI=1S/C25H21FN10O5S2/c26-11-41-32-16(19-31-25(27)43-33-19)21(37)30-17-22(38)36-18(24(39)40)13(10-42-23(17)36)8-34-7-3-5-15-20(34)29-12-35(15)9-14-4-1-2-6-28-14/h1-7,12,17,23H,8-11H2,(H3-,27,30,31,33,37,39,40)/b32-16-. The third kappa shape index (κ3) is 5.37. The van der Waals surface area contributed by atoms with E-state index in [2.05, 4.69) is 34.6 Å². The highest BCUT2D eigenvalue weighted by Crippen LogP contribution is 2.40. The number of oxime groups is 1. The maximum absolute atomic E-state index is 13.2. The Kier molecular flexibility index (Phi) is 7.68. The van der Waals surface area contributed by atoms with Gasteiger partial charge in [0.05, 0.1) is 30.1 Å². The van der Waals surface area contributed by atoms with E-state index in [4.69, 9.17) is 5.73 Å². The van der Waals surface area contributed by atoms with Crippen molar-refractivity contribution in [3.05, 3.63) is 71.8 Å². The number of fused-ring (bicyclic) bond motifs is 2. The lowest BCUT2D eigenvalue weighted by atomic mass is 10.0. The van der Waals surface area contributed by atoms with E-state index < -0.39 is 41.8 Å². The number of carboxylic acid groups (broad SMARTS) is 1. The maximum atomic E-state index is 13.2. The van der Waals surface area contributed by atoms with E-state index in [1.54, 1.807) is 23.3 Å². The minimum absolute atomic E-state index is 0.0364. The van der Waals surface area contributed by atoms with Crippen LogP contribution in [-0.4, -0.2) is 76.3 Å². The summed E-state index contributed by atoms with van der Waals surface area (Å²) >= 11 is 2.06. The second kappa shape index (κ2) is 11.7. The quantitative estimate of drug-likeness (QED) is 0.0945. The topological polar surface area (TPSA) is 198 Å². The van der Waals surface area contributed by atoms with Gasteiger partial charge in [0.1, 0.15) is 23.5 Å². The summed E-state index contributed by atoms with van der Waals surface area (Å²) in [5.74, 6) is -3.08. The molecule has 3 N–H and O–H groups in total. The number of nitrogen functional groups attached to an aromatic ring is 1. The minimum atomic E-state index is -1.52. The number of nitrogens with zero attached hydrogens (tertiary/aromatic N) is 8. The number of carboxylic acids is 1. The average Bonchev–Trinajstić information content (AvgIpc) is 3.62. The van der Waals surface area contributed by atoms with Gasteiger partial charge in [0.2, 0.25) is 17.9 Å². The Bertz CT molecular complexity index is 1790. The van der Waals surface area contributed by atoms with Gasteiger partial charge in [0.25, 0.3) is 18.7 Å². The molecule has 1 fully saturated rings. The number of pyridine rings is 2. The SMILES string of the molecule is Nc1nc(/C(=N/OCF)C(=O)NC2C(=O)N3C(C(=O)[O-])=C(C[n+]4cccc5c4ncn5Cc4ccccn4)CSC23)ns1. The highest BCUT2D eigenvalue weighted by Gasteiger charge is 2.53. The van der Waals surface area contributed by atoms with Gasteiger partial charge < -0.3 is 25.8 Å². The van der Waals surface area contributed by atoms with Crippen LogP contribution >= 0.6 is 23.3 Å². The lowest BCUT2D eigenvalue weighted by Crippen LogP contribution is -2.71. The number of carbonyl (C=O) groups excluding carboxylic acids is 3. The van der Waals surface area contributed by atoms with Crippen LogP contribution in [0.2, 0.25) is 0 Å². The molecule has 0 bridgehead atoms. The van der Waals surface area contributed by atoms with E-state index in [1.165, 1.54) is 11.8 Å². The first kappa shape index (κ1) is 28.2. The number of alkyl halides is 1. The summed E-state index contributed by atoms with van der Waals surface area (Å²) in [6.45, 7) is -0.681. The number of hydrogen-bond donors (Lipinski definition) is 2. The molecule has 6 heterocycles. The van der Waals surface area contributed by atoms with Gasteiger partial charge in [-0.1, -0.05) is 11.2 Å². The van der Waals surface area contributed by atoms with Crippen LogP contribution in [0.3, 0.4) is 0 Å². The number of hydrogen-bond acceptors (Lipinski definition) is 13. The molecular formula is C25H21FN10O5S2. The zero-order chi connectivity index (χ0) is 30.1. The van der Waals surface area contributed by atoms with Crippen LogP contribution in [-0.2, 0) is 32.3 Å². The molecule has 220 valence electrons. The van der Waals surface area contributed by atoms with Crippen molar-refractivity contribution >= 4 is 63.1 Å². The lowest BCUT2D eigenvalue weighted by molar-refractivity contribution is -0.664. The second-order valence-corrected chi connectivity index (χ2v) is 11.2. The van der Waals surface area contributed by atoms with Gasteiger partial charge in [-0.25, -0.2) is 8.96 Å². The number of nitrogens with one attached hydrogen (secondary N) is 1. The number of aliphatic carboxylic acids is 1. The molecule has 43 heavy (non-hydrogen) atoms. The van der Waals surface area contributed by atoms with Crippen molar-refractivity contribution < 1.29 is 33.3 Å². The van der Waals surface area contributed by atoms with Crippen molar-refractivity contribution in [3.63, 3.8) is 0 Å². The number of β-lactam (4-membered cyclic amide) rings is 1. The number of rotatable bonds is 10. The molecule has 4 aromatic rings. The zero-order valence-electron chi connectivity index (χ0n) is 22.0. The molecule has 2 atom stereocenters. The summed E-state index contributed by atoms with van der Waals surface area (Å²) in [6.07, 6.45) is 5.18. The Balaban J connectivity index is 1.22. The van der Waals surface area contributed by atoms with Crippen molar-refractivity contribution in [3.8, 4) is 0 Å².